The number of ether oxygens (including phenoxy) is 2. The molecule has 4 nitrogen and oxygen atoms in total. The second kappa shape index (κ2) is 6.75. The van der Waals surface area contributed by atoms with Crippen LogP contribution in [0.3, 0.4) is 0 Å². The molecule has 24 heavy (non-hydrogen) atoms. The van der Waals surface area contributed by atoms with Crippen molar-refractivity contribution in [3.8, 4) is 5.75 Å². The third kappa shape index (κ3) is 2.95. The summed E-state index contributed by atoms with van der Waals surface area (Å²) in [5, 5.41) is 0. The van der Waals surface area contributed by atoms with Crippen LogP contribution >= 0.6 is 0 Å². The molecule has 2 atom stereocenters. The number of benzene rings is 2. The van der Waals surface area contributed by atoms with Gasteiger partial charge in [-0.3, -0.25) is 9.69 Å². The van der Waals surface area contributed by atoms with E-state index >= 15 is 0 Å². The van der Waals surface area contributed by atoms with E-state index in [1.807, 2.05) is 54.6 Å². The summed E-state index contributed by atoms with van der Waals surface area (Å²) >= 11 is 0. The summed E-state index contributed by atoms with van der Waals surface area (Å²) < 4.78 is 11.7. The Bertz CT molecular complexity index is 710. The van der Waals surface area contributed by atoms with Crippen LogP contribution in [0.4, 0.5) is 0 Å². The molecule has 124 valence electrons. The van der Waals surface area contributed by atoms with Crippen LogP contribution in [-0.2, 0) is 4.74 Å². The van der Waals surface area contributed by atoms with Crippen LogP contribution < -0.4 is 4.74 Å². The Morgan fingerprint density at radius 1 is 0.958 bits per heavy atom. The molecule has 0 aromatic heterocycles. The first-order chi connectivity index (χ1) is 11.8. The van der Waals surface area contributed by atoms with Gasteiger partial charge in [-0.05, 0) is 17.7 Å². The highest BCUT2D eigenvalue weighted by Crippen LogP contribution is 2.39. The van der Waals surface area contributed by atoms with Crippen molar-refractivity contribution in [2.45, 2.75) is 6.10 Å². The average molecular weight is 323 g/mol. The van der Waals surface area contributed by atoms with E-state index in [4.69, 9.17) is 9.47 Å². The number of hydrogen-bond acceptors (Lipinski definition) is 4. The molecule has 0 bridgehead atoms. The van der Waals surface area contributed by atoms with Crippen molar-refractivity contribution in [3.05, 3.63) is 65.7 Å². The number of nitrogens with zero attached hydrogens (tertiary/aromatic N) is 1. The zero-order chi connectivity index (χ0) is 16.4. The van der Waals surface area contributed by atoms with Crippen molar-refractivity contribution in [1.29, 1.82) is 0 Å². The fourth-order valence-corrected chi connectivity index (χ4v) is 3.51. The minimum atomic E-state index is -0.239. The standard InChI is InChI=1S/C20H21NO3/c22-19-16-8-4-5-9-18(16)24-20(15-6-2-1-3-7-15)17(19)14-21-10-12-23-13-11-21/h1-9,17,20H,10-14H2/t17-,20+/m0/s1. The minimum absolute atomic E-state index is 0.178. The molecule has 0 spiro atoms. The highest BCUT2D eigenvalue weighted by Gasteiger charge is 2.39. The van der Waals surface area contributed by atoms with E-state index in [2.05, 4.69) is 4.90 Å². The van der Waals surface area contributed by atoms with Gasteiger partial charge in [-0.2, -0.15) is 0 Å². The van der Waals surface area contributed by atoms with E-state index in [0.29, 0.717) is 17.9 Å². The molecule has 4 heteroatoms. The Kier molecular flexibility index (Phi) is 4.32. The van der Waals surface area contributed by atoms with Crippen LogP contribution in [0.5, 0.6) is 5.75 Å². The maximum Gasteiger partial charge on any atom is 0.175 e. The molecule has 0 saturated carbocycles. The lowest BCUT2D eigenvalue weighted by atomic mass is 9.85. The van der Waals surface area contributed by atoms with Gasteiger partial charge in [-0.1, -0.05) is 42.5 Å². The summed E-state index contributed by atoms with van der Waals surface area (Å²) in [6.45, 7) is 3.90. The lowest BCUT2D eigenvalue weighted by Crippen LogP contribution is -2.44. The topological polar surface area (TPSA) is 38.8 Å². The van der Waals surface area contributed by atoms with E-state index in [1.54, 1.807) is 0 Å². The maximum atomic E-state index is 13.1. The number of morpholine rings is 1. The van der Waals surface area contributed by atoms with Crippen LogP contribution in [0.25, 0.3) is 0 Å². The molecule has 0 amide bonds. The summed E-state index contributed by atoms with van der Waals surface area (Å²) in [6.07, 6.45) is -0.239. The number of hydrogen-bond donors (Lipinski definition) is 0. The normalized spacial score (nSPS) is 24.2. The fraction of sp³-hybridized carbons (Fsp3) is 0.350. The molecule has 0 unspecified atom stereocenters. The molecule has 0 radical (unpaired) electrons. The first-order valence-corrected chi connectivity index (χ1v) is 8.48. The molecule has 2 aliphatic heterocycles. The van der Waals surface area contributed by atoms with Crippen LogP contribution in [0, 0.1) is 5.92 Å². The summed E-state index contributed by atoms with van der Waals surface area (Å²) in [5.74, 6) is 0.673. The van der Waals surface area contributed by atoms with Crippen molar-refractivity contribution in [3.63, 3.8) is 0 Å². The summed E-state index contributed by atoms with van der Waals surface area (Å²) in [4.78, 5) is 15.4. The molecule has 1 saturated heterocycles. The molecular formula is C20H21NO3. The average Bonchev–Trinajstić information content (AvgIpc) is 2.65. The number of Topliss-reactive ketones (excluding diaryl/α,β-unsaturated/α-hetero) is 1. The van der Waals surface area contributed by atoms with Gasteiger partial charge in [0.2, 0.25) is 0 Å². The zero-order valence-electron chi connectivity index (χ0n) is 13.6. The van der Waals surface area contributed by atoms with E-state index in [9.17, 15) is 4.79 Å². The number of carbonyl (C=O) groups excluding carboxylic acids is 1. The summed E-state index contributed by atoms with van der Waals surface area (Å²) in [5.41, 5.74) is 1.75. The highest BCUT2D eigenvalue weighted by atomic mass is 16.5. The van der Waals surface area contributed by atoms with Crippen molar-refractivity contribution in [2.75, 3.05) is 32.8 Å². The van der Waals surface area contributed by atoms with Crippen molar-refractivity contribution in [1.82, 2.24) is 4.90 Å². The Balaban J connectivity index is 1.67. The third-order valence-electron chi connectivity index (χ3n) is 4.80. The van der Waals surface area contributed by atoms with Gasteiger partial charge in [0.1, 0.15) is 11.9 Å². The number of para-hydroxylation sites is 1. The quantitative estimate of drug-likeness (QED) is 0.870. The Hall–Kier alpha value is -2.17. The SMILES string of the molecule is O=C1c2ccccc2O[C@H](c2ccccc2)[C@H]1CN1CCOCC1. The van der Waals surface area contributed by atoms with Gasteiger partial charge in [-0.15, -0.1) is 0 Å². The second-order valence-corrected chi connectivity index (χ2v) is 6.33. The van der Waals surface area contributed by atoms with Gasteiger partial charge in [0.15, 0.2) is 5.78 Å². The van der Waals surface area contributed by atoms with Gasteiger partial charge in [0, 0.05) is 19.6 Å². The Labute approximate surface area is 142 Å². The number of fused-ring (bicyclic) bond motifs is 1. The molecule has 2 aliphatic rings. The lowest BCUT2D eigenvalue weighted by Gasteiger charge is -2.37. The molecule has 4 rings (SSSR count). The van der Waals surface area contributed by atoms with E-state index in [-0.39, 0.29) is 17.8 Å². The van der Waals surface area contributed by atoms with Crippen molar-refractivity contribution >= 4 is 5.78 Å². The fourth-order valence-electron chi connectivity index (χ4n) is 3.51. The van der Waals surface area contributed by atoms with E-state index in [0.717, 1.165) is 31.9 Å². The third-order valence-corrected chi connectivity index (χ3v) is 4.80. The van der Waals surface area contributed by atoms with Crippen LogP contribution in [0.1, 0.15) is 22.0 Å². The summed E-state index contributed by atoms with van der Waals surface area (Å²) in [7, 11) is 0. The Morgan fingerprint density at radius 2 is 1.67 bits per heavy atom. The largest absolute Gasteiger partial charge is 0.484 e. The lowest BCUT2D eigenvalue weighted by molar-refractivity contribution is 0.0137. The molecule has 1 fully saturated rings. The highest BCUT2D eigenvalue weighted by molar-refractivity contribution is 6.01. The Morgan fingerprint density at radius 3 is 2.46 bits per heavy atom. The summed E-state index contributed by atoms with van der Waals surface area (Å²) in [6, 6.07) is 17.6. The smallest absolute Gasteiger partial charge is 0.175 e. The second-order valence-electron chi connectivity index (χ2n) is 6.33. The van der Waals surface area contributed by atoms with E-state index in [1.165, 1.54) is 0 Å². The first kappa shape index (κ1) is 15.4. The number of rotatable bonds is 3. The van der Waals surface area contributed by atoms with Gasteiger partial charge < -0.3 is 9.47 Å². The van der Waals surface area contributed by atoms with Crippen LogP contribution in [-0.4, -0.2) is 43.5 Å². The zero-order valence-corrected chi connectivity index (χ0v) is 13.6. The number of carbonyl (C=O) groups is 1. The molecular weight excluding hydrogens is 302 g/mol. The molecule has 0 N–H and O–H groups in total. The number of ketones is 1. The van der Waals surface area contributed by atoms with Crippen LogP contribution in [0.15, 0.2) is 54.6 Å². The van der Waals surface area contributed by atoms with Gasteiger partial charge in [-0.25, -0.2) is 0 Å². The predicted molar refractivity (Wildman–Crippen MR) is 91.3 cm³/mol. The minimum Gasteiger partial charge on any atom is -0.484 e. The molecule has 2 aromatic carbocycles. The van der Waals surface area contributed by atoms with Gasteiger partial charge in [0.25, 0.3) is 0 Å². The van der Waals surface area contributed by atoms with Crippen molar-refractivity contribution in [2.24, 2.45) is 5.92 Å². The van der Waals surface area contributed by atoms with E-state index < -0.39 is 0 Å². The molecule has 2 aromatic rings. The monoisotopic (exact) mass is 323 g/mol. The van der Waals surface area contributed by atoms with Gasteiger partial charge in [0.05, 0.1) is 24.7 Å². The maximum absolute atomic E-state index is 13.1. The van der Waals surface area contributed by atoms with Gasteiger partial charge >= 0.3 is 0 Å². The van der Waals surface area contributed by atoms with Crippen molar-refractivity contribution < 1.29 is 14.3 Å². The van der Waals surface area contributed by atoms with Crippen LogP contribution in [0.2, 0.25) is 0 Å². The predicted octanol–water partition coefficient (Wildman–Crippen LogP) is 2.95. The molecule has 2 heterocycles. The first-order valence-electron chi connectivity index (χ1n) is 8.48. The molecule has 0 aliphatic carbocycles.